The molecule has 0 aromatic heterocycles. The van der Waals surface area contributed by atoms with Gasteiger partial charge in [-0.15, -0.1) is 0 Å². The lowest BCUT2D eigenvalue weighted by molar-refractivity contribution is -0.137. The number of primary amides is 1. The highest BCUT2D eigenvalue weighted by atomic mass is 16.5. The first-order valence-corrected chi connectivity index (χ1v) is 8.39. The highest BCUT2D eigenvalue weighted by molar-refractivity contribution is 5.95. The average molecular weight is 332 g/mol. The van der Waals surface area contributed by atoms with Gasteiger partial charge in [0.2, 0.25) is 5.91 Å². The van der Waals surface area contributed by atoms with E-state index in [1.165, 1.54) is 30.7 Å². The van der Waals surface area contributed by atoms with Crippen LogP contribution in [0.3, 0.4) is 0 Å². The van der Waals surface area contributed by atoms with E-state index in [9.17, 15) is 14.4 Å². The Bertz CT molecular complexity index is 592. The van der Waals surface area contributed by atoms with Gasteiger partial charge in [0.1, 0.15) is 0 Å². The molecule has 0 radical (unpaired) electrons. The van der Waals surface area contributed by atoms with Gasteiger partial charge in [-0.05, 0) is 44.0 Å². The van der Waals surface area contributed by atoms with Crippen LogP contribution < -0.4 is 5.73 Å². The Morgan fingerprint density at radius 1 is 1.08 bits per heavy atom. The Morgan fingerprint density at radius 2 is 1.67 bits per heavy atom. The van der Waals surface area contributed by atoms with Crippen molar-refractivity contribution in [3.8, 4) is 0 Å². The van der Waals surface area contributed by atoms with Crippen LogP contribution in [-0.4, -0.2) is 41.9 Å². The van der Waals surface area contributed by atoms with Crippen LogP contribution in [0.1, 0.15) is 59.7 Å². The lowest BCUT2D eigenvalue weighted by Gasteiger charge is -2.33. The van der Waals surface area contributed by atoms with Crippen molar-refractivity contribution in [2.24, 2.45) is 5.73 Å². The first kappa shape index (κ1) is 18.0. The molecule has 1 aliphatic rings. The lowest BCUT2D eigenvalue weighted by atomic mass is 9.94. The lowest BCUT2D eigenvalue weighted by Crippen LogP contribution is -2.43. The van der Waals surface area contributed by atoms with Crippen LogP contribution in [0.25, 0.3) is 0 Å². The zero-order chi connectivity index (χ0) is 17.5. The van der Waals surface area contributed by atoms with E-state index in [0.717, 1.165) is 25.7 Å². The first-order chi connectivity index (χ1) is 11.5. The number of ether oxygens (including phenoxy) is 1. The van der Waals surface area contributed by atoms with Crippen LogP contribution in [0.5, 0.6) is 0 Å². The van der Waals surface area contributed by atoms with Crippen molar-refractivity contribution in [3.63, 3.8) is 0 Å². The molecule has 2 N–H and O–H groups in total. The monoisotopic (exact) mass is 332 g/mol. The molecule has 1 fully saturated rings. The molecule has 0 unspecified atom stereocenters. The van der Waals surface area contributed by atoms with Gasteiger partial charge in [0, 0.05) is 18.2 Å². The van der Waals surface area contributed by atoms with Gasteiger partial charge in [-0.2, -0.15) is 0 Å². The van der Waals surface area contributed by atoms with Crippen molar-refractivity contribution in [1.29, 1.82) is 0 Å². The Morgan fingerprint density at radius 3 is 2.21 bits per heavy atom. The van der Waals surface area contributed by atoms with Gasteiger partial charge in [-0.1, -0.05) is 19.3 Å². The summed E-state index contributed by atoms with van der Waals surface area (Å²) in [4.78, 5) is 37.2. The number of hydrogen-bond donors (Lipinski definition) is 1. The van der Waals surface area contributed by atoms with Gasteiger partial charge in [0.05, 0.1) is 5.56 Å². The van der Waals surface area contributed by atoms with Crippen molar-refractivity contribution < 1.29 is 19.1 Å². The molecule has 1 aliphatic carbocycles. The van der Waals surface area contributed by atoms with E-state index < -0.39 is 11.9 Å². The van der Waals surface area contributed by atoms with E-state index in [1.807, 2.05) is 11.8 Å². The van der Waals surface area contributed by atoms with Crippen molar-refractivity contribution in [2.75, 3.05) is 13.2 Å². The third kappa shape index (κ3) is 4.57. The Labute approximate surface area is 142 Å². The third-order valence-corrected chi connectivity index (χ3v) is 4.41. The SMILES string of the molecule is CCN(C(=O)COC(=O)c1ccc(C(N)=O)cc1)C1CCCCC1. The van der Waals surface area contributed by atoms with Gasteiger partial charge >= 0.3 is 5.97 Å². The van der Waals surface area contributed by atoms with Crippen LogP contribution in [0.4, 0.5) is 0 Å². The fraction of sp³-hybridized carbons (Fsp3) is 0.500. The minimum absolute atomic E-state index is 0.161. The van der Waals surface area contributed by atoms with Crippen molar-refractivity contribution in [3.05, 3.63) is 35.4 Å². The minimum atomic E-state index is -0.584. The van der Waals surface area contributed by atoms with Crippen LogP contribution in [-0.2, 0) is 9.53 Å². The second-order valence-corrected chi connectivity index (χ2v) is 5.99. The number of carbonyl (C=O) groups is 3. The van der Waals surface area contributed by atoms with Crippen LogP contribution in [0.2, 0.25) is 0 Å². The molecule has 0 spiro atoms. The number of nitrogens with two attached hydrogens (primary N) is 1. The normalized spacial score (nSPS) is 14.9. The van der Waals surface area contributed by atoms with Crippen LogP contribution in [0, 0.1) is 0 Å². The maximum atomic E-state index is 12.3. The number of carbonyl (C=O) groups excluding carboxylic acids is 3. The molecule has 0 aliphatic heterocycles. The number of rotatable bonds is 6. The number of benzene rings is 1. The van der Waals surface area contributed by atoms with E-state index in [-0.39, 0.29) is 24.1 Å². The summed E-state index contributed by atoms with van der Waals surface area (Å²) in [5, 5.41) is 0. The molecule has 6 nitrogen and oxygen atoms in total. The number of nitrogens with zero attached hydrogens (tertiary/aromatic N) is 1. The van der Waals surface area contributed by atoms with E-state index in [0.29, 0.717) is 12.1 Å². The molecule has 0 atom stereocenters. The van der Waals surface area contributed by atoms with E-state index in [2.05, 4.69) is 0 Å². The van der Waals surface area contributed by atoms with Crippen molar-refractivity contribution in [1.82, 2.24) is 4.90 Å². The van der Waals surface area contributed by atoms with E-state index >= 15 is 0 Å². The van der Waals surface area contributed by atoms with Crippen LogP contribution >= 0.6 is 0 Å². The summed E-state index contributed by atoms with van der Waals surface area (Å²) in [6, 6.07) is 6.10. The predicted octanol–water partition coefficient (Wildman–Crippen LogP) is 2.12. The summed E-state index contributed by atoms with van der Waals surface area (Å²) in [5.41, 5.74) is 5.75. The largest absolute Gasteiger partial charge is 0.452 e. The maximum absolute atomic E-state index is 12.3. The fourth-order valence-corrected chi connectivity index (χ4v) is 3.10. The standard InChI is InChI=1S/C18H24N2O4/c1-2-20(15-6-4-3-5-7-15)16(21)12-24-18(23)14-10-8-13(9-11-14)17(19)22/h8-11,15H,2-7,12H2,1H3,(H2,19,22). The van der Waals surface area contributed by atoms with Gasteiger partial charge < -0.3 is 15.4 Å². The summed E-state index contributed by atoms with van der Waals surface area (Å²) >= 11 is 0. The first-order valence-electron chi connectivity index (χ1n) is 8.39. The Kier molecular flexibility index (Phi) is 6.35. The zero-order valence-electron chi connectivity index (χ0n) is 14.0. The summed E-state index contributed by atoms with van der Waals surface area (Å²) in [5.74, 6) is -1.30. The molecular weight excluding hydrogens is 308 g/mol. The molecule has 1 aromatic rings. The Balaban J connectivity index is 1.89. The van der Waals surface area contributed by atoms with Crippen LogP contribution in [0.15, 0.2) is 24.3 Å². The third-order valence-electron chi connectivity index (χ3n) is 4.41. The second kappa shape index (κ2) is 8.47. The fourth-order valence-electron chi connectivity index (χ4n) is 3.10. The molecule has 2 amide bonds. The smallest absolute Gasteiger partial charge is 0.338 e. The highest BCUT2D eigenvalue weighted by Crippen LogP contribution is 2.22. The number of hydrogen-bond acceptors (Lipinski definition) is 4. The molecule has 2 rings (SSSR count). The van der Waals surface area contributed by atoms with E-state index in [4.69, 9.17) is 10.5 Å². The quantitative estimate of drug-likeness (QED) is 0.808. The summed E-state index contributed by atoms with van der Waals surface area (Å²) in [6.45, 7) is 2.30. The second-order valence-electron chi connectivity index (χ2n) is 5.99. The molecule has 1 aromatic carbocycles. The van der Waals surface area contributed by atoms with Gasteiger partial charge in [-0.25, -0.2) is 4.79 Å². The zero-order valence-corrected chi connectivity index (χ0v) is 14.0. The summed E-state index contributed by atoms with van der Waals surface area (Å²) < 4.78 is 5.12. The van der Waals surface area contributed by atoms with Gasteiger partial charge in [0.15, 0.2) is 6.61 Å². The average Bonchev–Trinajstić information content (AvgIpc) is 2.61. The maximum Gasteiger partial charge on any atom is 0.338 e. The molecule has 1 saturated carbocycles. The summed E-state index contributed by atoms with van der Waals surface area (Å²) in [6.07, 6.45) is 5.53. The topological polar surface area (TPSA) is 89.7 Å². The molecule has 24 heavy (non-hydrogen) atoms. The molecule has 130 valence electrons. The Hall–Kier alpha value is -2.37. The highest BCUT2D eigenvalue weighted by Gasteiger charge is 2.24. The van der Waals surface area contributed by atoms with E-state index in [1.54, 1.807) is 0 Å². The molecule has 0 heterocycles. The molecule has 0 saturated heterocycles. The molecule has 6 heteroatoms. The number of likely N-dealkylation sites (N-methyl/N-ethyl adjacent to an activating group) is 1. The van der Waals surface area contributed by atoms with Crippen molar-refractivity contribution in [2.45, 2.75) is 45.1 Å². The molecule has 0 bridgehead atoms. The predicted molar refractivity (Wildman–Crippen MR) is 89.5 cm³/mol. The van der Waals surface area contributed by atoms with Gasteiger partial charge in [-0.3, -0.25) is 9.59 Å². The van der Waals surface area contributed by atoms with Crippen molar-refractivity contribution >= 4 is 17.8 Å². The minimum Gasteiger partial charge on any atom is -0.452 e. The number of esters is 1. The molecular formula is C18H24N2O4. The summed E-state index contributed by atoms with van der Waals surface area (Å²) in [7, 11) is 0. The van der Waals surface area contributed by atoms with Gasteiger partial charge in [0.25, 0.3) is 5.91 Å². The number of amides is 2.